The Morgan fingerprint density at radius 3 is 2.56 bits per heavy atom. The van der Waals surface area contributed by atoms with Crippen LogP contribution in [0.5, 0.6) is 17.5 Å². The van der Waals surface area contributed by atoms with Gasteiger partial charge < -0.3 is 24.0 Å². The number of urea groups is 1. The van der Waals surface area contributed by atoms with Gasteiger partial charge in [0, 0.05) is 31.8 Å². The van der Waals surface area contributed by atoms with Crippen LogP contribution < -0.4 is 19.1 Å². The van der Waals surface area contributed by atoms with Crippen molar-refractivity contribution in [3.05, 3.63) is 36.4 Å². The molecule has 170 valence electrons. The summed E-state index contributed by atoms with van der Waals surface area (Å²) in [5.41, 5.74) is 0.710. The molecule has 2 aliphatic rings. The van der Waals surface area contributed by atoms with Crippen LogP contribution in [0.25, 0.3) is 0 Å². The summed E-state index contributed by atoms with van der Waals surface area (Å²) >= 11 is 0. The number of likely N-dealkylation sites (tertiary alicyclic amines) is 1. The quantitative estimate of drug-likeness (QED) is 0.646. The van der Waals surface area contributed by atoms with Gasteiger partial charge in [-0.3, -0.25) is 9.69 Å². The maximum Gasteiger partial charge on any atom is 0.325 e. The Hall–Kier alpha value is -3.56. The monoisotopic (exact) mass is 441 g/mol. The summed E-state index contributed by atoms with van der Waals surface area (Å²) in [5, 5.41) is 7.89. The predicted octanol–water partition coefficient (Wildman–Crippen LogP) is 1.81. The normalized spacial score (nSPS) is 18.6. The van der Waals surface area contributed by atoms with Crippen molar-refractivity contribution in [2.24, 2.45) is 0 Å². The maximum absolute atomic E-state index is 12.9. The molecule has 32 heavy (non-hydrogen) atoms. The number of carbonyl (C=O) groups excluding carboxylic acids is 2. The minimum absolute atomic E-state index is 0.0412. The van der Waals surface area contributed by atoms with Gasteiger partial charge in [-0.1, -0.05) is 12.1 Å². The largest absolute Gasteiger partial charge is 0.495 e. The van der Waals surface area contributed by atoms with Gasteiger partial charge in [-0.2, -0.15) is 0 Å². The van der Waals surface area contributed by atoms with Gasteiger partial charge in [-0.25, -0.2) is 4.79 Å². The topological polar surface area (TPSA) is 97.3 Å². The summed E-state index contributed by atoms with van der Waals surface area (Å²) in [6.45, 7) is 2.13. The Balaban J connectivity index is 1.33. The molecule has 3 heterocycles. The number of carbonyl (C=O) groups is 2. The first-order valence-corrected chi connectivity index (χ1v) is 10.6. The van der Waals surface area contributed by atoms with Crippen molar-refractivity contribution in [3.8, 4) is 17.5 Å². The fraction of sp³-hybridized carbons (Fsp3) is 0.455. The summed E-state index contributed by atoms with van der Waals surface area (Å²) in [4.78, 5) is 30.8. The molecular formula is C22H27N5O5. The lowest BCUT2D eigenvalue weighted by Crippen LogP contribution is -2.48. The molecule has 2 fully saturated rings. The van der Waals surface area contributed by atoms with E-state index < -0.39 is 0 Å². The van der Waals surface area contributed by atoms with E-state index in [1.807, 2.05) is 24.3 Å². The number of hydrogen-bond donors (Lipinski definition) is 0. The number of piperidine rings is 1. The van der Waals surface area contributed by atoms with Gasteiger partial charge in [0.15, 0.2) is 0 Å². The van der Waals surface area contributed by atoms with Crippen molar-refractivity contribution >= 4 is 17.6 Å². The molecule has 2 aliphatic heterocycles. The van der Waals surface area contributed by atoms with Gasteiger partial charge in [0.05, 0.1) is 26.5 Å². The molecule has 0 N–H and O–H groups in total. The molecular weight excluding hydrogens is 414 g/mol. The molecule has 10 heteroatoms. The van der Waals surface area contributed by atoms with E-state index in [2.05, 4.69) is 10.2 Å². The lowest BCUT2D eigenvalue weighted by molar-refractivity contribution is -0.134. The molecule has 0 radical (unpaired) electrons. The van der Waals surface area contributed by atoms with Crippen LogP contribution in [0.1, 0.15) is 12.8 Å². The molecule has 0 saturated carbocycles. The highest BCUT2D eigenvalue weighted by Gasteiger charge is 2.34. The van der Waals surface area contributed by atoms with Crippen LogP contribution in [-0.4, -0.2) is 85.0 Å². The summed E-state index contributed by atoms with van der Waals surface area (Å²) in [7, 11) is 3.10. The number of amides is 3. The van der Waals surface area contributed by atoms with E-state index in [-0.39, 0.29) is 24.6 Å². The molecule has 1 aromatic carbocycles. The molecule has 1 unspecified atom stereocenters. The van der Waals surface area contributed by atoms with Crippen molar-refractivity contribution < 1.29 is 23.8 Å². The predicted molar refractivity (Wildman–Crippen MR) is 116 cm³/mol. The van der Waals surface area contributed by atoms with E-state index in [4.69, 9.17) is 14.2 Å². The van der Waals surface area contributed by atoms with Crippen LogP contribution in [0.4, 0.5) is 10.5 Å². The first-order valence-electron chi connectivity index (χ1n) is 10.6. The summed E-state index contributed by atoms with van der Waals surface area (Å²) < 4.78 is 16.3. The first-order chi connectivity index (χ1) is 15.6. The Bertz CT molecular complexity index is 954. The van der Waals surface area contributed by atoms with Crippen molar-refractivity contribution in [2.45, 2.75) is 18.9 Å². The average Bonchev–Trinajstić information content (AvgIpc) is 3.19. The molecule has 0 bridgehead atoms. The summed E-state index contributed by atoms with van der Waals surface area (Å²) in [5.74, 6) is 1.35. The highest BCUT2D eigenvalue weighted by molar-refractivity contribution is 5.97. The van der Waals surface area contributed by atoms with Gasteiger partial charge in [-0.15, -0.1) is 10.2 Å². The van der Waals surface area contributed by atoms with Crippen LogP contribution in [0.15, 0.2) is 36.4 Å². The van der Waals surface area contributed by atoms with Crippen molar-refractivity contribution in [3.63, 3.8) is 0 Å². The molecule has 1 aromatic heterocycles. The van der Waals surface area contributed by atoms with Gasteiger partial charge in [0.1, 0.15) is 18.4 Å². The SMILES string of the molecule is COc1ccc(OC2CCCN(C(=O)CN3CCN(c4ccccc4OC)C3=O)C2)nn1. The van der Waals surface area contributed by atoms with Crippen LogP contribution in [0, 0.1) is 0 Å². The zero-order valence-electron chi connectivity index (χ0n) is 18.3. The number of benzene rings is 1. The van der Waals surface area contributed by atoms with Gasteiger partial charge >= 0.3 is 6.03 Å². The number of anilines is 1. The van der Waals surface area contributed by atoms with Crippen molar-refractivity contribution in [1.82, 2.24) is 20.0 Å². The fourth-order valence-electron chi connectivity index (χ4n) is 3.98. The zero-order chi connectivity index (χ0) is 22.5. The van der Waals surface area contributed by atoms with E-state index in [0.29, 0.717) is 49.4 Å². The fourth-order valence-corrected chi connectivity index (χ4v) is 3.98. The second-order valence-corrected chi connectivity index (χ2v) is 7.66. The van der Waals surface area contributed by atoms with Crippen molar-refractivity contribution in [2.75, 3.05) is 51.8 Å². The number of nitrogens with zero attached hydrogens (tertiary/aromatic N) is 5. The van der Waals surface area contributed by atoms with Crippen molar-refractivity contribution in [1.29, 1.82) is 0 Å². The molecule has 1 atom stereocenters. The molecule has 0 aliphatic carbocycles. The Kier molecular flexibility index (Phi) is 6.58. The molecule has 4 rings (SSSR count). The van der Waals surface area contributed by atoms with Gasteiger partial charge in [-0.05, 0) is 25.0 Å². The van der Waals surface area contributed by atoms with E-state index in [0.717, 1.165) is 12.8 Å². The van der Waals surface area contributed by atoms with Crippen LogP contribution >= 0.6 is 0 Å². The van der Waals surface area contributed by atoms with E-state index >= 15 is 0 Å². The third-order valence-corrected chi connectivity index (χ3v) is 5.64. The van der Waals surface area contributed by atoms with E-state index in [1.165, 1.54) is 7.11 Å². The molecule has 2 aromatic rings. The second kappa shape index (κ2) is 9.71. The smallest absolute Gasteiger partial charge is 0.325 e. The van der Waals surface area contributed by atoms with Crippen LogP contribution in [0.3, 0.4) is 0 Å². The second-order valence-electron chi connectivity index (χ2n) is 7.66. The number of rotatable bonds is 7. The Labute approximate surface area is 186 Å². The van der Waals surface area contributed by atoms with E-state index in [1.54, 1.807) is 33.9 Å². The number of ether oxygens (including phenoxy) is 3. The minimum atomic E-state index is -0.193. The van der Waals surface area contributed by atoms with Gasteiger partial charge in [0.25, 0.3) is 0 Å². The summed E-state index contributed by atoms with van der Waals surface area (Å²) in [6, 6.07) is 10.6. The molecule has 3 amide bonds. The van der Waals surface area contributed by atoms with E-state index in [9.17, 15) is 9.59 Å². The number of para-hydroxylation sites is 2. The summed E-state index contributed by atoms with van der Waals surface area (Å²) in [6.07, 6.45) is 1.47. The third-order valence-electron chi connectivity index (χ3n) is 5.64. The number of aromatic nitrogens is 2. The van der Waals surface area contributed by atoms with Crippen LogP contribution in [-0.2, 0) is 4.79 Å². The van der Waals surface area contributed by atoms with Gasteiger partial charge in [0.2, 0.25) is 17.7 Å². The lowest BCUT2D eigenvalue weighted by Gasteiger charge is -2.33. The zero-order valence-corrected chi connectivity index (χ0v) is 18.3. The Morgan fingerprint density at radius 2 is 1.81 bits per heavy atom. The highest BCUT2D eigenvalue weighted by atomic mass is 16.5. The number of methoxy groups -OCH3 is 2. The first kappa shape index (κ1) is 21.7. The van der Waals surface area contributed by atoms with Crippen LogP contribution in [0.2, 0.25) is 0 Å². The maximum atomic E-state index is 12.9. The molecule has 0 spiro atoms. The molecule has 10 nitrogen and oxygen atoms in total. The Morgan fingerprint density at radius 1 is 1.03 bits per heavy atom. The third kappa shape index (κ3) is 4.68. The lowest BCUT2D eigenvalue weighted by atomic mass is 10.1. The molecule has 2 saturated heterocycles. The number of hydrogen-bond acceptors (Lipinski definition) is 7. The highest BCUT2D eigenvalue weighted by Crippen LogP contribution is 2.30. The minimum Gasteiger partial charge on any atom is -0.495 e. The average molecular weight is 441 g/mol. The standard InChI is InChI=1S/C22H27N5O5/c1-30-18-8-4-3-7-17(18)27-13-12-26(22(27)29)15-21(28)25-11-5-6-16(14-25)32-20-10-9-19(31-2)23-24-20/h3-4,7-10,16H,5-6,11-15H2,1-2H3.